The standard InChI is InChI=1S/C8H13N6O4P/c1-5(18-4-19(15,16)17)2-6-12-13-8-7(9)10-3-11-14(6)8/h3,5H,2,4H2,1H3,(H2,9,10,11)(H2,15,16,17). The van der Waals surface area contributed by atoms with Gasteiger partial charge < -0.3 is 20.3 Å². The molecular weight excluding hydrogens is 275 g/mol. The van der Waals surface area contributed by atoms with E-state index in [1.807, 2.05) is 0 Å². The van der Waals surface area contributed by atoms with Crippen molar-refractivity contribution >= 4 is 19.1 Å². The third-order valence-electron chi connectivity index (χ3n) is 2.30. The summed E-state index contributed by atoms with van der Waals surface area (Å²) in [6.45, 7) is 1.67. The fourth-order valence-electron chi connectivity index (χ4n) is 1.46. The van der Waals surface area contributed by atoms with E-state index < -0.39 is 20.0 Å². The molecule has 2 aromatic heterocycles. The van der Waals surface area contributed by atoms with E-state index in [1.165, 1.54) is 10.8 Å². The third-order valence-corrected chi connectivity index (χ3v) is 2.78. The van der Waals surface area contributed by atoms with Gasteiger partial charge in [-0.3, -0.25) is 4.57 Å². The highest BCUT2D eigenvalue weighted by Gasteiger charge is 2.18. The Bertz CT molecular complexity index is 625. The second-order valence-electron chi connectivity index (χ2n) is 3.97. The molecule has 11 heteroatoms. The van der Waals surface area contributed by atoms with Gasteiger partial charge >= 0.3 is 7.60 Å². The van der Waals surface area contributed by atoms with Gasteiger partial charge in [0.2, 0.25) is 5.65 Å². The second kappa shape index (κ2) is 5.17. The molecule has 2 heterocycles. The molecule has 0 saturated carbocycles. The van der Waals surface area contributed by atoms with Crippen LogP contribution in [0.15, 0.2) is 6.33 Å². The maximum Gasteiger partial charge on any atom is 0.350 e. The second-order valence-corrected chi connectivity index (χ2v) is 5.56. The summed E-state index contributed by atoms with van der Waals surface area (Å²) >= 11 is 0. The van der Waals surface area contributed by atoms with Gasteiger partial charge in [0, 0.05) is 6.42 Å². The van der Waals surface area contributed by atoms with Crippen LogP contribution in [0.3, 0.4) is 0 Å². The van der Waals surface area contributed by atoms with E-state index in [0.717, 1.165) is 0 Å². The van der Waals surface area contributed by atoms with Crippen molar-refractivity contribution in [3.8, 4) is 0 Å². The quantitative estimate of drug-likeness (QED) is 0.600. The fourth-order valence-corrected chi connectivity index (χ4v) is 1.91. The molecule has 2 rings (SSSR count). The van der Waals surface area contributed by atoms with Crippen LogP contribution in [0.5, 0.6) is 0 Å². The highest BCUT2D eigenvalue weighted by Crippen LogP contribution is 2.34. The molecule has 0 aliphatic rings. The number of nitrogen functional groups attached to an aromatic ring is 1. The predicted molar refractivity (Wildman–Crippen MR) is 64.2 cm³/mol. The molecule has 0 spiro atoms. The Morgan fingerprint density at radius 1 is 1.53 bits per heavy atom. The van der Waals surface area contributed by atoms with Crippen molar-refractivity contribution in [3.05, 3.63) is 12.2 Å². The lowest BCUT2D eigenvalue weighted by Crippen LogP contribution is -2.15. The summed E-state index contributed by atoms with van der Waals surface area (Å²) < 4.78 is 17.2. The molecule has 0 saturated heterocycles. The van der Waals surface area contributed by atoms with Gasteiger partial charge in [-0.05, 0) is 6.92 Å². The van der Waals surface area contributed by atoms with E-state index in [4.69, 9.17) is 20.3 Å². The number of nitrogens with two attached hydrogens (primary N) is 1. The number of hydrogen-bond donors (Lipinski definition) is 3. The van der Waals surface area contributed by atoms with Crippen molar-refractivity contribution in [1.82, 2.24) is 24.8 Å². The lowest BCUT2D eigenvalue weighted by molar-refractivity contribution is 0.0868. The first-order chi connectivity index (χ1) is 8.87. The minimum absolute atomic E-state index is 0.206. The zero-order chi connectivity index (χ0) is 14.0. The summed E-state index contributed by atoms with van der Waals surface area (Å²) in [4.78, 5) is 21.2. The molecule has 0 amide bonds. The number of hydrogen-bond acceptors (Lipinski definition) is 7. The van der Waals surface area contributed by atoms with Crippen LogP contribution >= 0.6 is 7.60 Å². The van der Waals surface area contributed by atoms with E-state index in [2.05, 4.69) is 20.3 Å². The Balaban J connectivity index is 2.09. The van der Waals surface area contributed by atoms with Crippen molar-refractivity contribution in [2.75, 3.05) is 12.1 Å². The van der Waals surface area contributed by atoms with Crippen LogP contribution in [0.1, 0.15) is 12.7 Å². The lowest BCUT2D eigenvalue weighted by Gasteiger charge is -2.12. The minimum atomic E-state index is -4.18. The van der Waals surface area contributed by atoms with Gasteiger partial charge in [-0.2, -0.15) is 9.61 Å². The van der Waals surface area contributed by atoms with Gasteiger partial charge in [-0.25, -0.2) is 4.98 Å². The first-order valence-electron chi connectivity index (χ1n) is 5.34. The Labute approximate surface area is 107 Å². The molecule has 1 unspecified atom stereocenters. The van der Waals surface area contributed by atoms with Gasteiger partial charge in [0.05, 0.1) is 6.10 Å². The molecular formula is C8H13N6O4P. The molecule has 0 fully saturated rings. The SMILES string of the molecule is CC(Cc1nnc2c(N)ncnn12)OCP(=O)(O)O. The predicted octanol–water partition coefficient (Wildman–Crippen LogP) is -0.816. The van der Waals surface area contributed by atoms with Gasteiger partial charge in [-0.15, -0.1) is 10.2 Å². The smallest absolute Gasteiger partial charge is 0.350 e. The van der Waals surface area contributed by atoms with Gasteiger partial charge in [0.1, 0.15) is 12.7 Å². The topological polar surface area (TPSA) is 149 Å². The Morgan fingerprint density at radius 2 is 2.26 bits per heavy atom. The highest BCUT2D eigenvalue weighted by atomic mass is 31.2. The number of ether oxygens (including phenoxy) is 1. The zero-order valence-corrected chi connectivity index (χ0v) is 10.9. The monoisotopic (exact) mass is 288 g/mol. The molecule has 0 radical (unpaired) electrons. The molecule has 19 heavy (non-hydrogen) atoms. The van der Waals surface area contributed by atoms with Crippen molar-refractivity contribution in [2.24, 2.45) is 0 Å². The summed E-state index contributed by atoms with van der Waals surface area (Å²) in [5.74, 6) is 0.680. The van der Waals surface area contributed by atoms with Crippen LogP contribution in [0.4, 0.5) is 5.82 Å². The maximum atomic E-state index is 10.7. The van der Waals surface area contributed by atoms with Crippen LogP contribution in [-0.4, -0.2) is 47.0 Å². The van der Waals surface area contributed by atoms with E-state index in [0.29, 0.717) is 11.5 Å². The van der Waals surface area contributed by atoms with Crippen LogP contribution in [0, 0.1) is 0 Å². The van der Waals surface area contributed by atoms with Gasteiger partial charge in [0.15, 0.2) is 11.6 Å². The Morgan fingerprint density at radius 3 is 2.95 bits per heavy atom. The fraction of sp³-hybridized carbons (Fsp3) is 0.500. The lowest BCUT2D eigenvalue weighted by atomic mass is 10.3. The molecule has 2 aromatic rings. The molecule has 104 valence electrons. The number of aromatic nitrogens is 5. The highest BCUT2D eigenvalue weighted by molar-refractivity contribution is 7.51. The van der Waals surface area contributed by atoms with E-state index in [1.54, 1.807) is 6.92 Å². The summed E-state index contributed by atoms with van der Waals surface area (Å²) in [5.41, 5.74) is 5.94. The summed E-state index contributed by atoms with van der Waals surface area (Å²) in [6, 6.07) is 0. The average Bonchev–Trinajstić information content (AvgIpc) is 2.71. The maximum absolute atomic E-state index is 10.7. The molecule has 4 N–H and O–H groups in total. The number of nitrogens with zero attached hydrogens (tertiary/aromatic N) is 5. The van der Waals surface area contributed by atoms with Gasteiger partial charge in [0.25, 0.3) is 0 Å². The molecule has 0 aliphatic carbocycles. The molecule has 10 nitrogen and oxygen atoms in total. The van der Waals surface area contributed by atoms with Crippen molar-refractivity contribution in [2.45, 2.75) is 19.4 Å². The molecule has 0 aromatic carbocycles. The van der Waals surface area contributed by atoms with Crippen molar-refractivity contribution in [3.63, 3.8) is 0 Å². The summed E-state index contributed by atoms with van der Waals surface area (Å²) in [7, 11) is -4.18. The van der Waals surface area contributed by atoms with E-state index in [-0.39, 0.29) is 12.2 Å². The summed E-state index contributed by atoms with van der Waals surface area (Å²) in [6.07, 6.45) is 0.479. The van der Waals surface area contributed by atoms with Crippen LogP contribution in [-0.2, 0) is 15.7 Å². The normalized spacial score (nSPS) is 13.8. The summed E-state index contributed by atoms with van der Waals surface area (Å²) in [5, 5.41) is 11.7. The van der Waals surface area contributed by atoms with Crippen LogP contribution < -0.4 is 5.73 Å². The first-order valence-corrected chi connectivity index (χ1v) is 7.13. The molecule has 0 aliphatic heterocycles. The van der Waals surface area contributed by atoms with E-state index >= 15 is 0 Å². The van der Waals surface area contributed by atoms with Crippen LogP contribution in [0.2, 0.25) is 0 Å². The third kappa shape index (κ3) is 3.44. The van der Waals surface area contributed by atoms with Gasteiger partial charge in [-0.1, -0.05) is 0 Å². The van der Waals surface area contributed by atoms with E-state index in [9.17, 15) is 4.57 Å². The number of fused-ring (bicyclic) bond motifs is 1. The minimum Gasteiger partial charge on any atom is -0.380 e. The molecule has 0 bridgehead atoms. The Hall–Kier alpha value is -1.61. The van der Waals surface area contributed by atoms with Crippen molar-refractivity contribution < 1.29 is 19.1 Å². The molecule has 1 atom stereocenters. The number of anilines is 1. The number of rotatable bonds is 5. The average molecular weight is 288 g/mol. The Kier molecular flexibility index (Phi) is 3.76. The zero-order valence-electron chi connectivity index (χ0n) is 10.0. The largest absolute Gasteiger partial charge is 0.380 e. The van der Waals surface area contributed by atoms with Crippen LogP contribution in [0.25, 0.3) is 5.65 Å². The first kappa shape index (κ1) is 13.8. The van der Waals surface area contributed by atoms with Crippen molar-refractivity contribution in [1.29, 1.82) is 0 Å².